The van der Waals surface area contributed by atoms with E-state index >= 15 is 0 Å². The summed E-state index contributed by atoms with van der Waals surface area (Å²) in [6.07, 6.45) is 2.56. The van der Waals surface area contributed by atoms with Crippen molar-refractivity contribution < 1.29 is 13.2 Å². The largest absolute Gasteiger partial charge is 0.348 e. The van der Waals surface area contributed by atoms with Crippen LogP contribution in [0, 0.1) is 0 Å². The van der Waals surface area contributed by atoms with E-state index in [1.54, 1.807) is 18.3 Å². The van der Waals surface area contributed by atoms with Gasteiger partial charge in [0.15, 0.2) is 0 Å². The van der Waals surface area contributed by atoms with Gasteiger partial charge in [-0.2, -0.15) is 0 Å². The quantitative estimate of drug-likeness (QED) is 0.799. The van der Waals surface area contributed by atoms with Crippen LogP contribution in [0.3, 0.4) is 0 Å². The zero-order valence-electron chi connectivity index (χ0n) is 13.7. The summed E-state index contributed by atoms with van der Waals surface area (Å²) >= 11 is 0. The Labute approximate surface area is 142 Å². The lowest BCUT2D eigenvalue weighted by Crippen LogP contribution is -2.27. The van der Waals surface area contributed by atoms with Crippen molar-refractivity contribution in [1.29, 1.82) is 0 Å². The Morgan fingerprint density at radius 2 is 1.88 bits per heavy atom. The van der Waals surface area contributed by atoms with Gasteiger partial charge in [-0.15, -0.1) is 0 Å². The second kappa shape index (κ2) is 8.03. The third-order valence-corrected chi connectivity index (χ3v) is 5.08. The van der Waals surface area contributed by atoms with E-state index in [-0.39, 0.29) is 16.8 Å². The highest BCUT2D eigenvalue weighted by Crippen LogP contribution is 2.12. The van der Waals surface area contributed by atoms with Gasteiger partial charge in [0, 0.05) is 12.6 Å². The molecule has 0 saturated carbocycles. The van der Waals surface area contributed by atoms with Gasteiger partial charge in [0.2, 0.25) is 15.9 Å². The number of carbonyl (C=O) groups is 1. The Hall–Kier alpha value is -2.25. The number of aromatic nitrogens is 1. The van der Waals surface area contributed by atoms with Crippen molar-refractivity contribution in [2.45, 2.75) is 30.7 Å². The number of pyridine rings is 1. The highest BCUT2D eigenvalue weighted by molar-refractivity contribution is 7.89. The Morgan fingerprint density at radius 3 is 2.46 bits per heavy atom. The minimum Gasteiger partial charge on any atom is -0.348 e. The molecule has 0 bridgehead atoms. The van der Waals surface area contributed by atoms with Crippen LogP contribution in [0.5, 0.6) is 0 Å². The van der Waals surface area contributed by atoms with Gasteiger partial charge in [-0.05, 0) is 50.2 Å². The minimum atomic E-state index is -3.43. The first-order valence-electron chi connectivity index (χ1n) is 7.65. The van der Waals surface area contributed by atoms with E-state index in [0.29, 0.717) is 12.8 Å². The lowest BCUT2D eigenvalue weighted by molar-refractivity contribution is -0.121. The predicted molar refractivity (Wildman–Crippen MR) is 91.8 cm³/mol. The molecule has 1 atom stereocenters. The molecule has 0 saturated heterocycles. The molecule has 0 unspecified atom stereocenters. The molecular formula is C17H21N3O3S. The van der Waals surface area contributed by atoms with Crippen LogP contribution in [0.25, 0.3) is 0 Å². The van der Waals surface area contributed by atoms with E-state index in [9.17, 15) is 13.2 Å². The molecule has 24 heavy (non-hydrogen) atoms. The van der Waals surface area contributed by atoms with Gasteiger partial charge >= 0.3 is 0 Å². The summed E-state index contributed by atoms with van der Waals surface area (Å²) in [6.45, 7) is 1.89. The topological polar surface area (TPSA) is 88.2 Å². The number of amides is 1. The Balaban J connectivity index is 1.88. The molecule has 6 nitrogen and oxygen atoms in total. The van der Waals surface area contributed by atoms with Crippen molar-refractivity contribution in [2.24, 2.45) is 0 Å². The summed E-state index contributed by atoms with van der Waals surface area (Å²) in [5, 5.41) is 2.90. The molecule has 1 aromatic heterocycles. The van der Waals surface area contributed by atoms with Gasteiger partial charge in [-0.1, -0.05) is 18.2 Å². The van der Waals surface area contributed by atoms with Gasteiger partial charge in [0.1, 0.15) is 0 Å². The molecule has 0 radical (unpaired) electrons. The lowest BCUT2D eigenvalue weighted by Gasteiger charge is -2.13. The molecule has 0 fully saturated rings. The van der Waals surface area contributed by atoms with Crippen LogP contribution >= 0.6 is 0 Å². The van der Waals surface area contributed by atoms with Crippen molar-refractivity contribution >= 4 is 15.9 Å². The van der Waals surface area contributed by atoms with Crippen LogP contribution in [-0.2, 0) is 21.2 Å². The number of nitrogens with one attached hydrogen (secondary N) is 2. The molecular weight excluding hydrogens is 326 g/mol. The predicted octanol–water partition coefficient (Wildman–Crippen LogP) is 1.80. The lowest BCUT2D eigenvalue weighted by atomic mass is 10.1. The molecule has 0 spiro atoms. The van der Waals surface area contributed by atoms with Crippen molar-refractivity contribution in [1.82, 2.24) is 15.0 Å². The average molecular weight is 347 g/mol. The van der Waals surface area contributed by atoms with Crippen LogP contribution in [0.1, 0.15) is 30.6 Å². The van der Waals surface area contributed by atoms with Crippen LogP contribution in [-0.4, -0.2) is 26.4 Å². The van der Waals surface area contributed by atoms with Gasteiger partial charge in [-0.25, -0.2) is 13.1 Å². The fourth-order valence-corrected chi connectivity index (χ4v) is 2.96. The molecule has 2 N–H and O–H groups in total. The molecule has 2 rings (SSSR count). The third kappa shape index (κ3) is 4.87. The second-order valence-corrected chi connectivity index (χ2v) is 7.28. The van der Waals surface area contributed by atoms with Gasteiger partial charge in [0.25, 0.3) is 0 Å². The van der Waals surface area contributed by atoms with Gasteiger partial charge < -0.3 is 5.32 Å². The molecule has 128 valence electrons. The van der Waals surface area contributed by atoms with Crippen molar-refractivity contribution in [2.75, 3.05) is 7.05 Å². The molecule has 1 amide bonds. The highest BCUT2D eigenvalue weighted by atomic mass is 32.2. The first-order chi connectivity index (χ1) is 11.4. The molecule has 7 heteroatoms. The molecule has 1 aromatic carbocycles. The first-order valence-corrected chi connectivity index (χ1v) is 9.13. The summed E-state index contributed by atoms with van der Waals surface area (Å²) in [4.78, 5) is 16.5. The summed E-state index contributed by atoms with van der Waals surface area (Å²) in [7, 11) is -2.06. The van der Waals surface area contributed by atoms with E-state index in [4.69, 9.17) is 0 Å². The Kier molecular flexibility index (Phi) is 6.05. The number of benzene rings is 1. The maximum Gasteiger partial charge on any atom is 0.240 e. The van der Waals surface area contributed by atoms with Crippen molar-refractivity contribution in [3.8, 4) is 0 Å². The number of sulfonamides is 1. The first kappa shape index (κ1) is 18.1. The van der Waals surface area contributed by atoms with Crippen LogP contribution in [0.15, 0.2) is 53.6 Å². The molecule has 0 aliphatic heterocycles. The SMILES string of the molecule is CNS(=O)(=O)c1ccc(CCC(=O)N[C@H](C)c2ccccn2)cc1. The zero-order chi connectivity index (χ0) is 17.6. The molecule has 0 aliphatic carbocycles. The van der Waals surface area contributed by atoms with E-state index in [2.05, 4.69) is 15.0 Å². The maximum absolute atomic E-state index is 12.0. The smallest absolute Gasteiger partial charge is 0.240 e. The Morgan fingerprint density at radius 1 is 1.17 bits per heavy atom. The fraction of sp³-hybridized carbons (Fsp3) is 0.294. The summed E-state index contributed by atoms with van der Waals surface area (Å²) in [6, 6.07) is 11.9. The number of carbonyl (C=O) groups excluding carboxylic acids is 1. The number of hydrogen-bond acceptors (Lipinski definition) is 4. The van der Waals surface area contributed by atoms with Crippen molar-refractivity contribution in [3.05, 3.63) is 59.9 Å². The average Bonchev–Trinajstić information content (AvgIpc) is 2.61. The standard InChI is InChI=1S/C17H21N3O3S/c1-13(16-5-3-4-12-19-16)20-17(21)11-8-14-6-9-15(10-7-14)24(22,23)18-2/h3-7,9-10,12-13,18H,8,11H2,1-2H3,(H,20,21)/t13-/m1/s1. The van der Waals surface area contributed by atoms with E-state index in [1.165, 1.54) is 19.2 Å². The molecule has 2 aromatic rings. The minimum absolute atomic E-state index is 0.0694. The number of hydrogen-bond donors (Lipinski definition) is 2. The zero-order valence-corrected chi connectivity index (χ0v) is 14.5. The number of rotatable bonds is 7. The van der Waals surface area contributed by atoms with Gasteiger partial charge in [0.05, 0.1) is 16.6 Å². The third-order valence-electron chi connectivity index (χ3n) is 3.65. The van der Waals surface area contributed by atoms with E-state index in [0.717, 1.165) is 11.3 Å². The van der Waals surface area contributed by atoms with Crippen molar-refractivity contribution in [3.63, 3.8) is 0 Å². The van der Waals surface area contributed by atoms with Crippen LogP contribution in [0.2, 0.25) is 0 Å². The number of nitrogens with zero attached hydrogens (tertiary/aromatic N) is 1. The van der Waals surface area contributed by atoms with Gasteiger partial charge in [-0.3, -0.25) is 9.78 Å². The fourth-order valence-electron chi connectivity index (χ4n) is 2.23. The number of aryl methyl sites for hydroxylation is 1. The highest BCUT2D eigenvalue weighted by Gasteiger charge is 2.12. The van der Waals surface area contributed by atoms with E-state index in [1.807, 2.05) is 25.1 Å². The van der Waals surface area contributed by atoms with Crippen LogP contribution in [0.4, 0.5) is 0 Å². The molecule has 0 aliphatic rings. The van der Waals surface area contributed by atoms with Crippen LogP contribution < -0.4 is 10.0 Å². The normalized spacial score (nSPS) is 12.6. The Bertz CT molecular complexity index is 774. The summed E-state index contributed by atoms with van der Waals surface area (Å²) in [5.74, 6) is -0.0694. The second-order valence-electron chi connectivity index (χ2n) is 5.40. The monoisotopic (exact) mass is 347 g/mol. The van der Waals surface area contributed by atoms with E-state index < -0.39 is 10.0 Å². The maximum atomic E-state index is 12.0. The summed E-state index contributed by atoms with van der Waals surface area (Å²) < 4.78 is 25.6. The molecule has 1 heterocycles. The summed E-state index contributed by atoms with van der Waals surface area (Å²) in [5.41, 5.74) is 1.72.